The fourth-order valence-electron chi connectivity index (χ4n) is 3.04. The molecule has 0 saturated heterocycles. The van der Waals surface area contributed by atoms with Crippen molar-refractivity contribution in [2.45, 2.75) is 30.3 Å². The summed E-state index contributed by atoms with van der Waals surface area (Å²) < 4.78 is 10.1. The standard InChI is InChI=1S/C21H20O8/c22-15-11-16(23)21(27,12-28-19(25)13-7-3-1-4-8-13)18(24)17(15)29-20(26)14-9-5-2-6-10-14/h1-10,15,17-18,22,24,27H,11-12H2. The van der Waals surface area contributed by atoms with Gasteiger partial charge < -0.3 is 24.8 Å². The molecule has 8 nitrogen and oxygen atoms in total. The molecule has 0 heterocycles. The van der Waals surface area contributed by atoms with Crippen molar-refractivity contribution in [2.24, 2.45) is 0 Å². The van der Waals surface area contributed by atoms with Crippen molar-refractivity contribution in [1.29, 1.82) is 0 Å². The summed E-state index contributed by atoms with van der Waals surface area (Å²) in [5.41, 5.74) is -2.16. The highest BCUT2D eigenvalue weighted by molar-refractivity contribution is 5.93. The second-order valence-electron chi connectivity index (χ2n) is 6.74. The van der Waals surface area contributed by atoms with Crippen molar-refractivity contribution in [1.82, 2.24) is 0 Å². The van der Waals surface area contributed by atoms with Crippen LogP contribution in [0.25, 0.3) is 0 Å². The van der Waals surface area contributed by atoms with Gasteiger partial charge in [-0.05, 0) is 24.3 Å². The Labute approximate surface area is 166 Å². The molecule has 1 aliphatic carbocycles. The van der Waals surface area contributed by atoms with Gasteiger partial charge >= 0.3 is 11.9 Å². The van der Waals surface area contributed by atoms with Gasteiger partial charge in [-0.25, -0.2) is 9.59 Å². The second-order valence-corrected chi connectivity index (χ2v) is 6.74. The van der Waals surface area contributed by atoms with Crippen molar-refractivity contribution in [3.05, 3.63) is 71.8 Å². The number of carbonyl (C=O) groups is 3. The van der Waals surface area contributed by atoms with Gasteiger partial charge in [-0.1, -0.05) is 36.4 Å². The molecule has 0 aromatic heterocycles. The number of carbonyl (C=O) groups excluding carboxylic acids is 3. The Kier molecular flexibility index (Phi) is 6.07. The molecule has 1 aliphatic rings. The van der Waals surface area contributed by atoms with Gasteiger partial charge in [-0.3, -0.25) is 4.79 Å². The maximum absolute atomic E-state index is 12.3. The van der Waals surface area contributed by atoms with E-state index in [0.29, 0.717) is 0 Å². The summed E-state index contributed by atoms with van der Waals surface area (Å²) in [6.45, 7) is -0.854. The number of hydrogen-bond acceptors (Lipinski definition) is 8. The largest absolute Gasteiger partial charge is 0.458 e. The molecule has 29 heavy (non-hydrogen) atoms. The number of ketones is 1. The van der Waals surface area contributed by atoms with Gasteiger partial charge in [0.2, 0.25) is 0 Å². The molecular formula is C21H20O8. The summed E-state index contributed by atoms with van der Waals surface area (Å²) in [6.07, 6.45) is -5.67. The minimum absolute atomic E-state index is 0.169. The zero-order valence-electron chi connectivity index (χ0n) is 15.3. The average molecular weight is 400 g/mol. The Bertz CT molecular complexity index is 882. The predicted molar refractivity (Wildman–Crippen MR) is 99.0 cm³/mol. The second kappa shape index (κ2) is 8.52. The van der Waals surface area contributed by atoms with Gasteiger partial charge in [0.25, 0.3) is 0 Å². The van der Waals surface area contributed by atoms with E-state index in [1.807, 2.05) is 0 Å². The Morgan fingerprint density at radius 2 is 1.45 bits per heavy atom. The highest BCUT2D eigenvalue weighted by Gasteiger charge is 2.56. The topological polar surface area (TPSA) is 130 Å². The normalized spacial score (nSPS) is 26.6. The minimum atomic E-state index is -2.52. The first-order chi connectivity index (χ1) is 13.8. The van der Waals surface area contributed by atoms with E-state index in [4.69, 9.17) is 9.47 Å². The number of esters is 2. The molecule has 0 amide bonds. The van der Waals surface area contributed by atoms with Gasteiger partial charge in [0.15, 0.2) is 17.5 Å². The zero-order valence-corrected chi connectivity index (χ0v) is 15.3. The van der Waals surface area contributed by atoms with Crippen LogP contribution in [-0.2, 0) is 14.3 Å². The molecule has 1 saturated carbocycles. The SMILES string of the molecule is O=C(OCC1(O)C(=O)CC(O)C(OC(=O)c2ccccc2)C1O)c1ccccc1. The third-order valence-electron chi connectivity index (χ3n) is 4.74. The molecule has 4 unspecified atom stereocenters. The van der Waals surface area contributed by atoms with Crippen LogP contribution in [0.4, 0.5) is 0 Å². The third-order valence-corrected chi connectivity index (χ3v) is 4.74. The van der Waals surface area contributed by atoms with Crippen molar-refractivity contribution in [3.8, 4) is 0 Å². The van der Waals surface area contributed by atoms with E-state index in [2.05, 4.69) is 0 Å². The number of benzene rings is 2. The van der Waals surface area contributed by atoms with Gasteiger partial charge in [0, 0.05) is 6.42 Å². The summed E-state index contributed by atoms with van der Waals surface area (Å²) in [4.78, 5) is 36.6. The lowest BCUT2D eigenvalue weighted by Crippen LogP contribution is -2.65. The number of ether oxygens (including phenoxy) is 2. The number of Topliss-reactive ketones (excluding diaryl/α,β-unsaturated/α-hetero) is 1. The summed E-state index contributed by atoms with van der Waals surface area (Å²) in [7, 11) is 0. The van der Waals surface area contributed by atoms with E-state index in [1.54, 1.807) is 36.4 Å². The van der Waals surface area contributed by atoms with Crippen LogP contribution in [-0.4, -0.2) is 63.6 Å². The summed E-state index contributed by atoms with van der Waals surface area (Å²) in [6, 6.07) is 15.7. The van der Waals surface area contributed by atoms with Crippen LogP contribution in [0.1, 0.15) is 27.1 Å². The van der Waals surface area contributed by atoms with Gasteiger partial charge in [-0.15, -0.1) is 0 Å². The lowest BCUT2D eigenvalue weighted by atomic mass is 9.78. The van der Waals surface area contributed by atoms with Crippen LogP contribution in [0.2, 0.25) is 0 Å². The van der Waals surface area contributed by atoms with Crippen molar-refractivity contribution in [2.75, 3.05) is 6.61 Å². The Balaban J connectivity index is 1.73. The Morgan fingerprint density at radius 1 is 0.931 bits per heavy atom. The third kappa shape index (κ3) is 4.34. The number of aliphatic hydroxyl groups excluding tert-OH is 2. The highest BCUT2D eigenvalue weighted by atomic mass is 16.6. The van der Waals surface area contributed by atoms with Crippen LogP contribution >= 0.6 is 0 Å². The molecule has 152 valence electrons. The van der Waals surface area contributed by atoms with Gasteiger partial charge in [0.05, 0.1) is 11.1 Å². The van der Waals surface area contributed by atoms with Crippen LogP contribution in [0, 0.1) is 0 Å². The van der Waals surface area contributed by atoms with Crippen LogP contribution in [0.3, 0.4) is 0 Å². The number of hydrogen-bond donors (Lipinski definition) is 3. The molecule has 2 aromatic rings. The first-order valence-electron chi connectivity index (χ1n) is 8.93. The maximum Gasteiger partial charge on any atom is 0.338 e. The molecule has 1 fully saturated rings. The zero-order chi connectivity index (χ0) is 21.0. The summed E-state index contributed by atoms with van der Waals surface area (Å²) >= 11 is 0. The monoisotopic (exact) mass is 400 g/mol. The smallest absolute Gasteiger partial charge is 0.338 e. The van der Waals surface area contributed by atoms with E-state index in [0.717, 1.165) is 0 Å². The highest BCUT2D eigenvalue weighted by Crippen LogP contribution is 2.30. The molecule has 0 radical (unpaired) electrons. The maximum atomic E-state index is 12.3. The van der Waals surface area contributed by atoms with Gasteiger partial charge in [-0.2, -0.15) is 0 Å². The molecule has 0 aliphatic heterocycles. The van der Waals surface area contributed by atoms with Gasteiger partial charge in [0.1, 0.15) is 18.8 Å². The fraction of sp³-hybridized carbons (Fsp3) is 0.286. The fourth-order valence-corrected chi connectivity index (χ4v) is 3.04. The Morgan fingerprint density at radius 3 is 2.00 bits per heavy atom. The molecule has 3 rings (SSSR count). The number of rotatable bonds is 5. The lowest BCUT2D eigenvalue weighted by Gasteiger charge is -2.41. The molecule has 8 heteroatoms. The molecule has 0 bridgehead atoms. The first kappa shape index (κ1) is 20.7. The first-order valence-corrected chi connectivity index (χ1v) is 8.93. The molecule has 0 spiro atoms. The lowest BCUT2D eigenvalue weighted by molar-refractivity contribution is -0.199. The molecule has 3 N–H and O–H groups in total. The molecule has 4 atom stereocenters. The summed E-state index contributed by atoms with van der Waals surface area (Å²) in [5.74, 6) is -2.57. The van der Waals surface area contributed by atoms with Crippen molar-refractivity contribution in [3.63, 3.8) is 0 Å². The van der Waals surface area contributed by atoms with E-state index < -0.39 is 54.7 Å². The molecule has 2 aromatic carbocycles. The predicted octanol–water partition coefficient (Wildman–Crippen LogP) is 0.495. The van der Waals surface area contributed by atoms with Crippen molar-refractivity contribution >= 4 is 17.7 Å². The summed E-state index contributed by atoms with van der Waals surface area (Å²) in [5, 5.41) is 31.3. The van der Waals surface area contributed by atoms with E-state index in [1.165, 1.54) is 24.3 Å². The van der Waals surface area contributed by atoms with E-state index in [-0.39, 0.29) is 11.1 Å². The van der Waals surface area contributed by atoms with Crippen LogP contribution in [0.5, 0.6) is 0 Å². The van der Waals surface area contributed by atoms with Crippen LogP contribution < -0.4 is 0 Å². The quantitative estimate of drug-likeness (QED) is 0.619. The van der Waals surface area contributed by atoms with E-state index >= 15 is 0 Å². The van der Waals surface area contributed by atoms with Crippen LogP contribution in [0.15, 0.2) is 60.7 Å². The van der Waals surface area contributed by atoms with E-state index in [9.17, 15) is 29.7 Å². The molecular weight excluding hydrogens is 380 g/mol. The average Bonchev–Trinajstić information content (AvgIpc) is 2.75. The Hall–Kier alpha value is -3.07. The number of aliphatic hydroxyl groups is 3. The van der Waals surface area contributed by atoms with Crippen molar-refractivity contribution < 1.29 is 39.2 Å². The minimum Gasteiger partial charge on any atom is -0.458 e.